The molecule has 4 rings (SSSR count). The van der Waals surface area contributed by atoms with Crippen LogP contribution in [0.15, 0.2) is 71.8 Å². The van der Waals surface area contributed by atoms with Gasteiger partial charge in [-0.3, -0.25) is 0 Å². The van der Waals surface area contributed by atoms with Crippen LogP contribution in [0, 0.1) is 0 Å². The predicted octanol–water partition coefficient (Wildman–Crippen LogP) is 5.67. The lowest BCUT2D eigenvalue weighted by Gasteiger charge is -2.14. The van der Waals surface area contributed by atoms with E-state index < -0.39 is 9.84 Å². The summed E-state index contributed by atoms with van der Waals surface area (Å²) in [5, 5.41) is 0. The van der Waals surface area contributed by atoms with Gasteiger partial charge in [-0.1, -0.05) is 19.1 Å². The van der Waals surface area contributed by atoms with Gasteiger partial charge in [0.05, 0.1) is 18.1 Å². The third-order valence-electron chi connectivity index (χ3n) is 5.61. The molecule has 0 aliphatic heterocycles. The molecule has 2 heterocycles. The maximum Gasteiger partial charge on any atom is 0.223 e. The molecule has 0 saturated heterocycles. The number of pyridine rings is 1. The molecular weight excluding hydrogens is 518 g/mol. The molecule has 0 unspecified atom stereocenters. The molecule has 0 fully saturated rings. The summed E-state index contributed by atoms with van der Waals surface area (Å²) in [6.45, 7) is 6.15. The molecule has 0 N–H and O–H groups in total. The molecule has 0 aliphatic carbocycles. The summed E-state index contributed by atoms with van der Waals surface area (Å²) in [5.74, 6) is 2.70. The number of rotatable bonds is 11. The Morgan fingerprint density at radius 2 is 1.56 bits per heavy atom. The summed E-state index contributed by atoms with van der Waals surface area (Å²) in [7, 11) is -1.69. The summed E-state index contributed by atoms with van der Waals surface area (Å²) in [4.78, 5) is 13.9. The van der Waals surface area contributed by atoms with Gasteiger partial charge < -0.3 is 18.9 Å². The Morgan fingerprint density at radius 3 is 2.18 bits per heavy atom. The summed E-state index contributed by atoms with van der Waals surface area (Å²) >= 11 is 0. The van der Waals surface area contributed by atoms with E-state index in [0.717, 1.165) is 23.1 Å². The summed E-state index contributed by atoms with van der Waals surface area (Å²) in [6.07, 6.45) is 3.48. The Labute approximate surface area is 228 Å². The number of methoxy groups -OCH3 is 1. The van der Waals surface area contributed by atoms with Gasteiger partial charge in [0.25, 0.3) is 0 Å². The van der Waals surface area contributed by atoms with E-state index in [0.29, 0.717) is 41.9 Å². The quantitative estimate of drug-likeness (QED) is 0.234. The zero-order chi connectivity index (χ0) is 28.0. The second-order valence-corrected chi connectivity index (χ2v) is 11.1. The Balaban J connectivity index is 1.63. The first kappa shape index (κ1) is 27.8. The fraction of sp³-hybridized carbons (Fsp3) is 0.276. The van der Waals surface area contributed by atoms with E-state index in [4.69, 9.17) is 23.9 Å². The Hall–Kier alpha value is -4.18. The van der Waals surface area contributed by atoms with E-state index >= 15 is 0 Å². The SMILES string of the molecule is CCc1cnc(-c2cc(Oc3ccc(S(C)(=O)=O)cc3)nc(OC(C)C)c2)nc1OCc1ccc(OC)cc1. The lowest BCUT2D eigenvalue weighted by Crippen LogP contribution is -2.08. The Bertz CT molecular complexity index is 1520. The minimum Gasteiger partial charge on any atom is -0.497 e. The van der Waals surface area contributed by atoms with Crippen molar-refractivity contribution in [2.45, 2.75) is 44.8 Å². The van der Waals surface area contributed by atoms with Crippen LogP contribution >= 0.6 is 0 Å². The van der Waals surface area contributed by atoms with Crippen molar-refractivity contribution in [2.24, 2.45) is 0 Å². The van der Waals surface area contributed by atoms with Crippen LogP contribution in [0.2, 0.25) is 0 Å². The lowest BCUT2D eigenvalue weighted by atomic mass is 10.2. The highest BCUT2D eigenvalue weighted by Gasteiger charge is 2.15. The van der Waals surface area contributed by atoms with E-state index in [-0.39, 0.29) is 16.9 Å². The number of ether oxygens (including phenoxy) is 4. The largest absolute Gasteiger partial charge is 0.497 e. The number of hydrogen-bond donors (Lipinski definition) is 0. The summed E-state index contributed by atoms with van der Waals surface area (Å²) in [6, 6.07) is 17.2. The lowest BCUT2D eigenvalue weighted by molar-refractivity contribution is 0.230. The fourth-order valence-electron chi connectivity index (χ4n) is 3.61. The van der Waals surface area contributed by atoms with Crippen molar-refractivity contribution in [2.75, 3.05) is 13.4 Å². The van der Waals surface area contributed by atoms with Crippen LogP contribution in [-0.2, 0) is 22.9 Å². The van der Waals surface area contributed by atoms with Crippen LogP contribution in [0.5, 0.6) is 29.1 Å². The van der Waals surface area contributed by atoms with Crippen molar-refractivity contribution in [3.8, 4) is 40.5 Å². The number of aromatic nitrogens is 3. The molecule has 0 saturated carbocycles. The first-order chi connectivity index (χ1) is 18.6. The van der Waals surface area contributed by atoms with Crippen LogP contribution in [0.25, 0.3) is 11.4 Å². The van der Waals surface area contributed by atoms with Crippen molar-refractivity contribution in [3.63, 3.8) is 0 Å². The van der Waals surface area contributed by atoms with E-state index in [1.54, 1.807) is 37.6 Å². The molecule has 39 heavy (non-hydrogen) atoms. The van der Waals surface area contributed by atoms with Gasteiger partial charge >= 0.3 is 0 Å². The molecule has 2 aromatic carbocycles. The minimum absolute atomic E-state index is 0.124. The zero-order valence-corrected chi connectivity index (χ0v) is 23.4. The highest BCUT2D eigenvalue weighted by molar-refractivity contribution is 7.90. The smallest absolute Gasteiger partial charge is 0.223 e. The van der Waals surface area contributed by atoms with Gasteiger partial charge in [-0.15, -0.1) is 0 Å². The molecule has 10 heteroatoms. The maximum absolute atomic E-state index is 11.8. The van der Waals surface area contributed by atoms with Gasteiger partial charge in [-0.2, -0.15) is 9.97 Å². The van der Waals surface area contributed by atoms with Crippen LogP contribution in [0.1, 0.15) is 31.9 Å². The molecule has 0 bridgehead atoms. The van der Waals surface area contributed by atoms with E-state index in [1.807, 2.05) is 45.0 Å². The van der Waals surface area contributed by atoms with Gasteiger partial charge in [-0.05, 0) is 62.2 Å². The van der Waals surface area contributed by atoms with Crippen LogP contribution in [0.4, 0.5) is 0 Å². The molecular formula is C29H31N3O6S. The summed E-state index contributed by atoms with van der Waals surface area (Å²) in [5.41, 5.74) is 2.48. The van der Waals surface area contributed by atoms with Gasteiger partial charge in [0, 0.05) is 35.7 Å². The van der Waals surface area contributed by atoms with Crippen molar-refractivity contribution >= 4 is 9.84 Å². The van der Waals surface area contributed by atoms with Crippen molar-refractivity contribution in [1.29, 1.82) is 0 Å². The second-order valence-electron chi connectivity index (χ2n) is 9.06. The number of benzene rings is 2. The molecule has 0 spiro atoms. The fourth-order valence-corrected chi connectivity index (χ4v) is 4.24. The van der Waals surface area contributed by atoms with Crippen LogP contribution in [-0.4, -0.2) is 42.8 Å². The molecule has 4 aromatic rings. The molecule has 0 radical (unpaired) electrons. The van der Waals surface area contributed by atoms with E-state index in [2.05, 4.69) is 9.97 Å². The standard InChI is InChI=1S/C29H31N3O6S/c1-6-21-17-30-28(32-29(21)36-18-20-7-9-23(35-4)10-8-20)22-15-26(37-19(2)3)31-27(16-22)38-24-11-13-25(14-12-24)39(5,33)34/h7-17,19H,6,18H2,1-5H3. The number of nitrogens with zero attached hydrogens (tertiary/aromatic N) is 3. The van der Waals surface area contributed by atoms with Gasteiger partial charge in [-0.25, -0.2) is 13.4 Å². The highest BCUT2D eigenvalue weighted by atomic mass is 32.2. The van der Waals surface area contributed by atoms with Gasteiger partial charge in [0.1, 0.15) is 18.1 Å². The molecule has 0 aliphatic rings. The molecule has 0 amide bonds. The number of sulfone groups is 1. The topological polar surface area (TPSA) is 110 Å². The van der Waals surface area contributed by atoms with Crippen molar-refractivity contribution in [1.82, 2.24) is 15.0 Å². The van der Waals surface area contributed by atoms with Crippen molar-refractivity contribution in [3.05, 3.63) is 78.0 Å². The predicted molar refractivity (Wildman–Crippen MR) is 147 cm³/mol. The average Bonchev–Trinajstić information content (AvgIpc) is 2.91. The first-order valence-electron chi connectivity index (χ1n) is 12.4. The zero-order valence-electron chi connectivity index (χ0n) is 22.5. The first-order valence-corrected chi connectivity index (χ1v) is 14.3. The Morgan fingerprint density at radius 1 is 0.897 bits per heavy atom. The summed E-state index contributed by atoms with van der Waals surface area (Å²) < 4.78 is 46.7. The third-order valence-corrected chi connectivity index (χ3v) is 6.74. The maximum atomic E-state index is 11.8. The Kier molecular flexibility index (Phi) is 8.65. The number of aryl methyl sites for hydroxylation is 1. The van der Waals surface area contributed by atoms with Gasteiger partial charge in [0.2, 0.25) is 17.6 Å². The minimum atomic E-state index is -3.32. The van der Waals surface area contributed by atoms with Crippen LogP contribution in [0.3, 0.4) is 0 Å². The molecule has 204 valence electrons. The number of hydrogen-bond acceptors (Lipinski definition) is 9. The van der Waals surface area contributed by atoms with E-state index in [1.165, 1.54) is 12.1 Å². The van der Waals surface area contributed by atoms with Crippen molar-refractivity contribution < 1.29 is 27.4 Å². The highest BCUT2D eigenvalue weighted by Crippen LogP contribution is 2.30. The van der Waals surface area contributed by atoms with E-state index in [9.17, 15) is 8.42 Å². The molecule has 2 aromatic heterocycles. The monoisotopic (exact) mass is 549 g/mol. The molecule has 0 atom stereocenters. The molecule has 9 nitrogen and oxygen atoms in total. The van der Waals surface area contributed by atoms with Gasteiger partial charge in [0.15, 0.2) is 15.7 Å². The average molecular weight is 550 g/mol. The third kappa shape index (κ3) is 7.44. The second kappa shape index (κ2) is 12.1. The van der Waals surface area contributed by atoms with Crippen LogP contribution < -0.4 is 18.9 Å². The normalized spacial score (nSPS) is 11.3.